The van der Waals surface area contributed by atoms with Crippen LogP contribution >= 0.6 is 11.3 Å². The van der Waals surface area contributed by atoms with Gasteiger partial charge in [-0.05, 0) is 37.6 Å². The van der Waals surface area contributed by atoms with Crippen molar-refractivity contribution in [3.8, 4) is 17.1 Å². The summed E-state index contributed by atoms with van der Waals surface area (Å²) < 4.78 is 5.58. The second-order valence-corrected chi connectivity index (χ2v) is 6.39. The monoisotopic (exact) mass is 342 g/mol. The molecule has 124 valence electrons. The van der Waals surface area contributed by atoms with Crippen LogP contribution in [0.2, 0.25) is 0 Å². The van der Waals surface area contributed by atoms with Crippen LogP contribution in [0.1, 0.15) is 28.7 Å². The van der Waals surface area contributed by atoms with E-state index in [1.54, 1.807) is 0 Å². The lowest BCUT2D eigenvalue weighted by Crippen LogP contribution is -2.10. The van der Waals surface area contributed by atoms with Crippen molar-refractivity contribution in [2.24, 2.45) is 5.73 Å². The van der Waals surface area contributed by atoms with Gasteiger partial charge in [-0.2, -0.15) is 0 Å². The molecule has 3 rings (SSSR count). The maximum Gasteiger partial charge on any atom is 0.260 e. The van der Waals surface area contributed by atoms with Crippen molar-refractivity contribution >= 4 is 33.1 Å². The Kier molecular flexibility index (Phi) is 4.35. The number of thiophene rings is 1. The minimum atomic E-state index is -0.547. The van der Waals surface area contributed by atoms with E-state index in [0.29, 0.717) is 33.2 Å². The molecular weight excluding hydrogens is 324 g/mol. The van der Waals surface area contributed by atoms with Crippen molar-refractivity contribution < 1.29 is 9.53 Å². The molecule has 0 radical (unpaired) electrons. The number of carbonyl (C=O) groups is 1. The number of hydrogen-bond donors (Lipinski definition) is 2. The highest BCUT2D eigenvalue weighted by molar-refractivity contribution is 7.21. The smallest absolute Gasteiger partial charge is 0.260 e. The van der Waals surface area contributed by atoms with Gasteiger partial charge in [-0.25, -0.2) is 9.97 Å². The van der Waals surface area contributed by atoms with Gasteiger partial charge in [0.25, 0.3) is 5.91 Å². The summed E-state index contributed by atoms with van der Waals surface area (Å²) in [4.78, 5) is 21.5. The predicted octanol–water partition coefficient (Wildman–Crippen LogP) is 3.14. The van der Waals surface area contributed by atoms with Crippen LogP contribution in [0.5, 0.6) is 5.75 Å². The number of primary amides is 1. The lowest BCUT2D eigenvalue weighted by atomic mass is 10.2. The molecule has 0 spiro atoms. The molecule has 0 aliphatic carbocycles. The normalized spacial score (nSPS) is 10.9. The van der Waals surface area contributed by atoms with Gasteiger partial charge in [0.05, 0.1) is 23.4 Å². The number of nitrogens with zero attached hydrogens (tertiary/aromatic N) is 2. The van der Waals surface area contributed by atoms with Gasteiger partial charge >= 0.3 is 0 Å². The van der Waals surface area contributed by atoms with E-state index in [1.807, 2.05) is 31.2 Å². The number of aromatic nitrogens is 2. The number of aryl methyl sites for hydroxylation is 1. The molecule has 1 aromatic carbocycles. The summed E-state index contributed by atoms with van der Waals surface area (Å²) in [6, 6.07) is 7.62. The number of nitrogen functional groups attached to an aromatic ring is 1. The third kappa shape index (κ3) is 2.90. The lowest BCUT2D eigenvalue weighted by Gasteiger charge is -2.06. The first-order valence-electron chi connectivity index (χ1n) is 7.61. The predicted molar refractivity (Wildman–Crippen MR) is 96.3 cm³/mol. The number of rotatable bonds is 5. The first kappa shape index (κ1) is 16.2. The zero-order valence-corrected chi connectivity index (χ0v) is 14.3. The Morgan fingerprint density at radius 1 is 1.25 bits per heavy atom. The van der Waals surface area contributed by atoms with Gasteiger partial charge in [-0.1, -0.05) is 6.92 Å². The maximum atomic E-state index is 11.5. The van der Waals surface area contributed by atoms with Gasteiger partial charge in [0.1, 0.15) is 15.5 Å². The number of amides is 1. The lowest BCUT2D eigenvalue weighted by molar-refractivity contribution is 0.100. The molecule has 0 fully saturated rings. The van der Waals surface area contributed by atoms with Gasteiger partial charge in [0.2, 0.25) is 0 Å². The van der Waals surface area contributed by atoms with E-state index >= 15 is 0 Å². The van der Waals surface area contributed by atoms with Crippen LogP contribution in [0.4, 0.5) is 5.69 Å². The summed E-state index contributed by atoms with van der Waals surface area (Å²) >= 11 is 1.19. The highest BCUT2D eigenvalue weighted by Crippen LogP contribution is 2.35. The van der Waals surface area contributed by atoms with E-state index < -0.39 is 5.91 Å². The van der Waals surface area contributed by atoms with Gasteiger partial charge in [-0.15, -0.1) is 11.3 Å². The highest BCUT2D eigenvalue weighted by Gasteiger charge is 2.18. The second kappa shape index (κ2) is 6.45. The fourth-order valence-electron chi connectivity index (χ4n) is 2.43. The van der Waals surface area contributed by atoms with Crippen LogP contribution in [-0.4, -0.2) is 22.5 Å². The summed E-state index contributed by atoms with van der Waals surface area (Å²) in [6.45, 7) is 4.60. The Hall–Kier alpha value is -2.67. The van der Waals surface area contributed by atoms with Crippen LogP contribution < -0.4 is 16.2 Å². The number of carbonyl (C=O) groups excluding carboxylic acids is 1. The quantitative estimate of drug-likeness (QED) is 0.741. The van der Waals surface area contributed by atoms with Crippen LogP contribution in [0, 0.1) is 6.92 Å². The topological polar surface area (TPSA) is 104 Å². The van der Waals surface area contributed by atoms with Gasteiger partial charge in [0.15, 0.2) is 5.82 Å². The zero-order valence-electron chi connectivity index (χ0n) is 13.5. The van der Waals surface area contributed by atoms with Gasteiger partial charge in [-0.3, -0.25) is 4.79 Å². The van der Waals surface area contributed by atoms with Gasteiger partial charge in [0, 0.05) is 5.56 Å². The van der Waals surface area contributed by atoms with E-state index in [4.69, 9.17) is 16.2 Å². The molecule has 0 unspecified atom stereocenters. The van der Waals surface area contributed by atoms with Crippen molar-refractivity contribution in [3.63, 3.8) is 0 Å². The fraction of sp³-hybridized carbons (Fsp3) is 0.235. The summed E-state index contributed by atoms with van der Waals surface area (Å²) in [5, 5.41) is 0.695. The van der Waals surface area contributed by atoms with Crippen molar-refractivity contribution in [3.05, 3.63) is 34.8 Å². The molecule has 4 N–H and O–H groups in total. The highest BCUT2D eigenvalue weighted by atomic mass is 32.1. The Balaban J connectivity index is 2.02. The van der Waals surface area contributed by atoms with E-state index in [2.05, 4.69) is 16.9 Å². The second-order valence-electron chi connectivity index (χ2n) is 5.39. The van der Waals surface area contributed by atoms with Crippen LogP contribution in [0.3, 0.4) is 0 Å². The summed E-state index contributed by atoms with van der Waals surface area (Å²) in [7, 11) is 0. The van der Waals surface area contributed by atoms with Crippen LogP contribution in [-0.2, 0) is 0 Å². The molecule has 0 bridgehead atoms. The Labute approximate surface area is 143 Å². The third-order valence-electron chi connectivity index (χ3n) is 3.58. The average molecular weight is 342 g/mol. The van der Waals surface area contributed by atoms with E-state index in [1.165, 1.54) is 11.3 Å². The van der Waals surface area contributed by atoms with Crippen LogP contribution in [0.25, 0.3) is 21.6 Å². The molecule has 24 heavy (non-hydrogen) atoms. The summed E-state index contributed by atoms with van der Waals surface area (Å²) in [5.41, 5.74) is 13.3. The van der Waals surface area contributed by atoms with E-state index in [-0.39, 0.29) is 0 Å². The molecule has 0 aliphatic rings. The molecule has 0 atom stereocenters. The largest absolute Gasteiger partial charge is 0.494 e. The maximum absolute atomic E-state index is 11.5. The minimum Gasteiger partial charge on any atom is -0.494 e. The molecular formula is C17H18N4O2S. The van der Waals surface area contributed by atoms with Crippen molar-refractivity contribution in [2.75, 3.05) is 12.3 Å². The third-order valence-corrected chi connectivity index (χ3v) is 4.69. The van der Waals surface area contributed by atoms with E-state index in [9.17, 15) is 4.79 Å². The Bertz CT molecular complexity index is 903. The standard InChI is InChI=1S/C17H18N4O2S/c1-3-8-23-11-6-4-10(5-7-11)16-20-9(2)12-13(18)14(15(19)22)24-17(12)21-16/h4-7H,3,8,18H2,1-2H3,(H2,19,22). The molecule has 3 aromatic rings. The molecule has 2 aromatic heterocycles. The minimum absolute atomic E-state index is 0.322. The van der Waals surface area contributed by atoms with Crippen molar-refractivity contribution in [1.29, 1.82) is 0 Å². The van der Waals surface area contributed by atoms with Crippen molar-refractivity contribution in [2.45, 2.75) is 20.3 Å². The number of nitrogens with two attached hydrogens (primary N) is 2. The first-order valence-corrected chi connectivity index (χ1v) is 8.42. The van der Waals surface area contributed by atoms with Crippen LogP contribution in [0.15, 0.2) is 24.3 Å². The molecule has 0 saturated heterocycles. The number of fused-ring (bicyclic) bond motifs is 1. The molecule has 6 nitrogen and oxygen atoms in total. The summed E-state index contributed by atoms with van der Waals surface area (Å²) in [6.07, 6.45) is 0.961. The molecule has 0 aliphatic heterocycles. The SMILES string of the molecule is CCCOc1ccc(-c2nc(C)c3c(N)c(C(N)=O)sc3n2)cc1. The zero-order chi connectivity index (χ0) is 17.3. The summed E-state index contributed by atoms with van der Waals surface area (Å²) in [5.74, 6) is 0.850. The molecule has 7 heteroatoms. The number of anilines is 1. The Morgan fingerprint density at radius 3 is 2.58 bits per heavy atom. The average Bonchev–Trinajstić information content (AvgIpc) is 2.91. The first-order chi connectivity index (χ1) is 11.5. The molecule has 0 saturated carbocycles. The fourth-order valence-corrected chi connectivity index (χ4v) is 3.43. The van der Waals surface area contributed by atoms with Gasteiger partial charge < -0.3 is 16.2 Å². The number of ether oxygens (including phenoxy) is 1. The number of hydrogen-bond acceptors (Lipinski definition) is 6. The Morgan fingerprint density at radius 2 is 1.96 bits per heavy atom. The van der Waals surface area contributed by atoms with E-state index in [0.717, 1.165) is 23.4 Å². The van der Waals surface area contributed by atoms with Crippen molar-refractivity contribution in [1.82, 2.24) is 9.97 Å². The molecule has 2 heterocycles. The number of benzene rings is 1. The molecule has 1 amide bonds.